The van der Waals surface area contributed by atoms with Crippen molar-refractivity contribution in [3.63, 3.8) is 0 Å². The number of Topliss-reactive ketones (excluding diaryl/α,β-unsaturated/α-hetero) is 1. The topological polar surface area (TPSA) is 131 Å². The lowest BCUT2D eigenvalue weighted by atomic mass is 9.96. The molecule has 0 spiro atoms. The third kappa shape index (κ3) is 3.63. The predicted molar refractivity (Wildman–Crippen MR) is 142 cm³/mol. The van der Waals surface area contributed by atoms with Crippen molar-refractivity contribution in [3.05, 3.63) is 105 Å². The Bertz CT molecular complexity index is 1860. The molecule has 0 saturated carbocycles. The van der Waals surface area contributed by atoms with Gasteiger partial charge in [0, 0.05) is 23.4 Å². The number of imidazole rings is 1. The fourth-order valence-electron chi connectivity index (χ4n) is 4.67. The van der Waals surface area contributed by atoms with Gasteiger partial charge in [-0.2, -0.15) is 0 Å². The molecule has 6 rings (SSSR count). The molecule has 0 radical (unpaired) electrons. The van der Waals surface area contributed by atoms with Gasteiger partial charge in [0.1, 0.15) is 11.3 Å². The van der Waals surface area contributed by atoms with Gasteiger partial charge in [0.15, 0.2) is 10.9 Å². The molecular formula is C26H16ClN5O5S. The second-order valence-electron chi connectivity index (χ2n) is 8.60. The van der Waals surface area contributed by atoms with E-state index in [1.54, 1.807) is 60.0 Å². The molecule has 1 atom stereocenters. The number of rotatable bonds is 4. The van der Waals surface area contributed by atoms with E-state index in [0.29, 0.717) is 26.6 Å². The lowest BCUT2D eigenvalue weighted by Gasteiger charge is -2.22. The molecule has 1 aliphatic rings. The second kappa shape index (κ2) is 8.75. The maximum absolute atomic E-state index is 13.5. The number of hydrogen-bond donors (Lipinski definition) is 1. The molecule has 188 valence electrons. The van der Waals surface area contributed by atoms with E-state index in [2.05, 4.69) is 9.97 Å². The Labute approximate surface area is 223 Å². The fourth-order valence-corrected chi connectivity index (χ4v) is 5.94. The van der Waals surface area contributed by atoms with E-state index in [0.717, 1.165) is 11.3 Å². The molecule has 1 amide bonds. The van der Waals surface area contributed by atoms with Crippen molar-refractivity contribution in [2.75, 3.05) is 4.90 Å². The third-order valence-corrected chi connectivity index (χ3v) is 7.57. The zero-order chi connectivity index (χ0) is 26.7. The highest BCUT2D eigenvalue weighted by Gasteiger charge is 2.49. The van der Waals surface area contributed by atoms with E-state index in [9.17, 15) is 24.8 Å². The first-order valence-electron chi connectivity index (χ1n) is 11.3. The van der Waals surface area contributed by atoms with Crippen molar-refractivity contribution < 1.29 is 19.6 Å². The zero-order valence-electron chi connectivity index (χ0n) is 19.5. The summed E-state index contributed by atoms with van der Waals surface area (Å²) in [5.41, 5.74) is 1.60. The number of fused-ring (bicyclic) bond motifs is 2. The second-order valence-corrected chi connectivity index (χ2v) is 10.0. The van der Waals surface area contributed by atoms with E-state index in [1.165, 1.54) is 23.1 Å². The van der Waals surface area contributed by atoms with E-state index in [1.807, 2.05) is 0 Å². The number of aliphatic hydroxyl groups excluding tert-OH is 1. The van der Waals surface area contributed by atoms with Gasteiger partial charge < -0.3 is 5.11 Å². The average molecular weight is 546 g/mol. The number of carbonyl (C=O) groups is 2. The van der Waals surface area contributed by atoms with Gasteiger partial charge in [0.2, 0.25) is 0 Å². The van der Waals surface area contributed by atoms with Crippen molar-refractivity contribution in [2.24, 2.45) is 0 Å². The summed E-state index contributed by atoms with van der Waals surface area (Å²) in [7, 11) is 0. The predicted octanol–water partition coefficient (Wildman–Crippen LogP) is 5.44. The first-order chi connectivity index (χ1) is 18.2. The normalized spacial score (nSPS) is 17.1. The highest BCUT2D eigenvalue weighted by molar-refractivity contribution is 7.22. The fraction of sp³-hybridized carbons (Fsp3) is 0.0769. The number of halogens is 1. The number of aromatic nitrogens is 3. The number of aryl methyl sites for hydroxylation is 1. The number of nitrogens with zero attached hydrogens (tertiary/aromatic N) is 5. The maximum Gasteiger partial charge on any atom is 0.301 e. The average Bonchev–Trinajstić information content (AvgIpc) is 3.54. The molecule has 10 nitrogen and oxygen atoms in total. The highest BCUT2D eigenvalue weighted by atomic mass is 35.5. The molecule has 1 saturated heterocycles. The van der Waals surface area contributed by atoms with E-state index in [4.69, 9.17) is 11.6 Å². The van der Waals surface area contributed by atoms with Gasteiger partial charge in [-0.25, -0.2) is 9.97 Å². The maximum atomic E-state index is 13.5. The van der Waals surface area contributed by atoms with Crippen LogP contribution in [0.1, 0.15) is 23.0 Å². The van der Waals surface area contributed by atoms with Gasteiger partial charge in [-0.1, -0.05) is 41.1 Å². The minimum atomic E-state index is -1.18. The summed E-state index contributed by atoms with van der Waals surface area (Å²) >= 11 is 7.27. The minimum Gasteiger partial charge on any atom is -0.505 e. The Morgan fingerprint density at radius 1 is 1.11 bits per heavy atom. The molecule has 1 aliphatic heterocycles. The van der Waals surface area contributed by atoms with Gasteiger partial charge in [-0.05, 0) is 42.8 Å². The molecule has 1 fully saturated rings. The van der Waals surface area contributed by atoms with Crippen LogP contribution in [0.25, 0.3) is 21.6 Å². The Balaban J connectivity index is 1.63. The van der Waals surface area contributed by atoms with Crippen LogP contribution in [-0.2, 0) is 9.59 Å². The van der Waals surface area contributed by atoms with Crippen LogP contribution in [0.4, 0.5) is 10.8 Å². The molecule has 38 heavy (non-hydrogen) atoms. The SMILES string of the molecule is Cc1nc2ccccn2c1C(O)=C1C(=O)C(=O)N(c2nc3ccc(Cl)cc3s2)C1c1cccc([N+](=O)[O-])c1. The molecule has 3 aromatic heterocycles. The first-order valence-corrected chi connectivity index (χ1v) is 12.5. The van der Waals surface area contributed by atoms with Crippen molar-refractivity contribution in [1.82, 2.24) is 14.4 Å². The number of non-ortho nitro benzene ring substituents is 1. The molecule has 1 unspecified atom stereocenters. The smallest absolute Gasteiger partial charge is 0.301 e. The molecule has 2 aromatic carbocycles. The summed E-state index contributed by atoms with van der Waals surface area (Å²) in [6.45, 7) is 1.68. The third-order valence-electron chi connectivity index (χ3n) is 6.31. The Kier molecular flexibility index (Phi) is 5.47. The number of pyridine rings is 1. The van der Waals surface area contributed by atoms with Gasteiger partial charge in [-0.3, -0.25) is 29.0 Å². The highest BCUT2D eigenvalue weighted by Crippen LogP contribution is 2.45. The van der Waals surface area contributed by atoms with Crippen LogP contribution in [0.15, 0.2) is 72.4 Å². The largest absolute Gasteiger partial charge is 0.505 e. The summed E-state index contributed by atoms with van der Waals surface area (Å²) in [5.74, 6) is -2.30. The summed E-state index contributed by atoms with van der Waals surface area (Å²) in [4.78, 5) is 48.2. The number of amides is 1. The lowest BCUT2D eigenvalue weighted by Crippen LogP contribution is -2.29. The molecule has 0 aliphatic carbocycles. The first kappa shape index (κ1) is 23.8. The summed E-state index contributed by atoms with van der Waals surface area (Å²) < 4.78 is 2.30. The van der Waals surface area contributed by atoms with Crippen LogP contribution in [0.2, 0.25) is 5.02 Å². The number of anilines is 1. The van der Waals surface area contributed by atoms with E-state index < -0.39 is 28.4 Å². The number of thiazole rings is 1. The van der Waals surface area contributed by atoms with Crippen LogP contribution in [0.5, 0.6) is 0 Å². The number of nitro benzene ring substituents is 1. The minimum absolute atomic E-state index is 0.190. The Hall–Kier alpha value is -4.61. The number of hydrogen-bond acceptors (Lipinski definition) is 8. The quantitative estimate of drug-likeness (QED) is 0.105. The van der Waals surface area contributed by atoms with Crippen molar-refractivity contribution in [1.29, 1.82) is 0 Å². The van der Waals surface area contributed by atoms with Gasteiger partial charge >= 0.3 is 5.91 Å². The van der Waals surface area contributed by atoms with E-state index in [-0.39, 0.29) is 27.6 Å². The van der Waals surface area contributed by atoms with Crippen LogP contribution in [0.3, 0.4) is 0 Å². The van der Waals surface area contributed by atoms with Crippen LogP contribution in [-0.4, -0.2) is 36.1 Å². The molecule has 4 heterocycles. The molecule has 1 N–H and O–H groups in total. The summed E-state index contributed by atoms with van der Waals surface area (Å²) in [6.07, 6.45) is 1.68. The monoisotopic (exact) mass is 545 g/mol. The van der Waals surface area contributed by atoms with Crippen molar-refractivity contribution >= 4 is 67.1 Å². The van der Waals surface area contributed by atoms with Crippen molar-refractivity contribution in [3.8, 4) is 0 Å². The Morgan fingerprint density at radius 2 is 1.92 bits per heavy atom. The number of benzene rings is 2. The number of ketones is 1. The molecule has 0 bridgehead atoms. The van der Waals surface area contributed by atoms with Crippen LogP contribution < -0.4 is 4.90 Å². The lowest BCUT2D eigenvalue weighted by molar-refractivity contribution is -0.384. The van der Waals surface area contributed by atoms with Crippen LogP contribution in [0, 0.1) is 17.0 Å². The summed E-state index contributed by atoms with van der Waals surface area (Å²) in [5, 5.41) is 23.8. The zero-order valence-corrected chi connectivity index (χ0v) is 21.1. The van der Waals surface area contributed by atoms with Crippen LogP contribution >= 0.6 is 22.9 Å². The molecule has 5 aromatic rings. The van der Waals surface area contributed by atoms with Gasteiger partial charge in [0.05, 0.1) is 32.4 Å². The van der Waals surface area contributed by atoms with Crippen molar-refractivity contribution in [2.45, 2.75) is 13.0 Å². The number of aliphatic hydroxyl groups is 1. The van der Waals surface area contributed by atoms with Gasteiger partial charge in [-0.15, -0.1) is 0 Å². The molecule has 12 heteroatoms. The summed E-state index contributed by atoms with van der Waals surface area (Å²) in [6, 6.07) is 14.8. The van der Waals surface area contributed by atoms with E-state index >= 15 is 0 Å². The number of carbonyl (C=O) groups excluding carboxylic acids is 2. The van der Waals surface area contributed by atoms with Gasteiger partial charge in [0.25, 0.3) is 11.5 Å². The molecular weight excluding hydrogens is 530 g/mol. The standard InChI is InChI=1S/C26H16ClN5O5S/c1-13-21(30-10-3-2-7-19(30)28-13)23(33)20-22(14-5-4-6-16(11-14)32(36)37)31(25(35)24(20)34)26-29-17-9-8-15(27)12-18(17)38-26/h2-12,22,33H,1H3. The number of nitro groups is 1. The Morgan fingerprint density at radius 3 is 2.71 bits per heavy atom.